The van der Waals surface area contributed by atoms with Gasteiger partial charge in [-0.15, -0.1) is 0 Å². The highest BCUT2D eigenvalue weighted by molar-refractivity contribution is 6.31. The molecule has 4 aliphatic heterocycles. The van der Waals surface area contributed by atoms with Gasteiger partial charge in [-0.25, -0.2) is 0 Å². The van der Waals surface area contributed by atoms with Crippen molar-refractivity contribution in [3.05, 3.63) is 93.5 Å². The molecule has 60 heavy (non-hydrogen) atoms. The molecule has 5 amide bonds. The molecule has 0 bridgehead atoms. The van der Waals surface area contributed by atoms with Crippen molar-refractivity contribution >= 4 is 46.8 Å². The Labute approximate surface area is 355 Å². The second kappa shape index (κ2) is 16.1. The summed E-state index contributed by atoms with van der Waals surface area (Å²) < 4.78 is 6.37. The molecule has 13 heteroatoms. The summed E-state index contributed by atoms with van der Waals surface area (Å²) in [5.74, 6) is 5.58. The van der Waals surface area contributed by atoms with Crippen molar-refractivity contribution in [2.45, 2.75) is 90.4 Å². The number of imide groups is 2. The van der Waals surface area contributed by atoms with Crippen LogP contribution in [0.25, 0.3) is 0 Å². The number of anilines is 1. The van der Waals surface area contributed by atoms with E-state index in [0.29, 0.717) is 39.1 Å². The first kappa shape index (κ1) is 41.1. The molecule has 3 aromatic rings. The fourth-order valence-corrected chi connectivity index (χ4v) is 10.6. The molecule has 0 aromatic heterocycles. The number of nitrogens with one attached hydrogen (secondary N) is 2. The van der Waals surface area contributed by atoms with Crippen LogP contribution in [0, 0.1) is 39.9 Å². The number of nitrogens with zero attached hydrogens (tertiary/aromatic N) is 4. The second-order valence-corrected chi connectivity index (χ2v) is 18.2. The molecular formula is C47H49ClN6O6. The van der Waals surface area contributed by atoms with E-state index in [0.717, 1.165) is 68.0 Å². The number of hydrogen-bond acceptors (Lipinski definition) is 9. The number of ether oxygens (including phenoxy) is 1. The number of fused-ring (bicyclic) bond motifs is 1. The smallest absolute Gasteiger partial charge is 0.264 e. The van der Waals surface area contributed by atoms with Crippen LogP contribution in [0.5, 0.6) is 5.75 Å². The van der Waals surface area contributed by atoms with Gasteiger partial charge in [0.2, 0.25) is 11.8 Å². The van der Waals surface area contributed by atoms with Crippen molar-refractivity contribution in [2.75, 3.05) is 31.1 Å². The van der Waals surface area contributed by atoms with Crippen LogP contribution in [0.1, 0.15) is 108 Å². The molecule has 1 unspecified atom stereocenters. The van der Waals surface area contributed by atoms with Crippen molar-refractivity contribution in [3.8, 4) is 23.7 Å². The molecule has 4 heterocycles. The lowest BCUT2D eigenvalue weighted by molar-refractivity contribution is -0.164. The molecule has 0 radical (unpaired) electrons. The van der Waals surface area contributed by atoms with Gasteiger partial charge in [0, 0.05) is 65.5 Å². The number of benzene rings is 3. The minimum atomic E-state index is -0.987. The number of piperidine rings is 3. The first-order chi connectivity index (χ1) is 28.7. The fraction of sp³-hybridized carbons (Fsp3) is 0.447. The van der Waals surface area contributed by atoms with Crippen LogP contribution in [-0.4, -0.2) is 89.7 Å². The summed E-state index contributed by atoms with van der Waals surface area (Å²) in [6, 6.07) is 19.2. The van der Waals surface area contributed by atoms with Crippen molar-refractivity contribution < 1.29 is 28.7 Å². The molecule has 12 nitrogen and oxygen atoms in total. The van der Waals surface area contributed by atoms with Gasteiger partial charge in [-0.1, -0.05) is 57.2 Å². The van der Waals surface area contributed by atoms with E-state index in [1.165, 1.54) is 0 Å². The molecule has 1 atom stereocenters. The Balaban J connectivity index is 0.808. The summed E-state index contributed by atoms with van der Waals surface area (Å²) in [5, 5.41) is 15.1. The van der Waals surface area contributed by atoms with Gasteiger partial charge in [-0.2, -0.15) is 5.26 Å². The van der Waals surface area contributed by atoms with Gasteiger partial charge in [-0.3, -0.25) is 34.2 Å². The molecule has 3 saturated heterocycles. The minimum Gasteiger partial charge on any atom is -0.489 e. The number of rotatable bonds is 7. The number of carbonyl (C=O) groups is 5. The summed E-state index contributed by atoms with van der Waals surface area (Å²) in [7, 11) is 0. The van der Waals surface area contributed by atoms with Crippen LogP contribution >= 0.6 is 11.6 Å². The van der Waals surface area contributed by atoms with Crippen LogP contribution in [-0.2, 0) is 9.59 Å². The summed E-state index contributed by atoms with van der Waals surface area (Å²) >= 11 is 6.25. The minimum absolute atomic E-state index is 0.0857. The van der Waals surface area contributed by atoms with E-state index in [2.05, 4.69) is 66.0 Å². The summed E-state index contributed by atoms with van der Waals surface area (Å²) in [6.07, 6.45) is 3.83. The molecule has 2 N–H and O–H groups in total. The molecule has 5 aliphatic rings. The summed E-state index contributed by atoms with van der Waals surface area (Å²) in [4.78, 5) is 70.5. The van der Waals surface area contributed by atoms with Crippen molar-refractivity contribution in [3.63, 3.8) is 0 Å². The van der Waals surface area contributed by atoms with Gasteiger partial charge in [0.1, 0.15) is 24.0 Å². The average Bonchev–Trinajstić information content (AvgIpc) is 3.49. The molecule has 0 spiro atoms. The van der Waals surface area contributed by atoms with Crippen LogP contribution in [0.15, 0.2) is 60.7 Å². The maximum atomic E-state index is 13.7. The van der Waals surface area contributed by atoms with Crippen molar-refractivity contribution in [1.82, 2.24) is 20.4 Å². The van der Waals surface area contributed by atoms with Crippen LogP contribution in [0.4, 0.5) is 5.69 Å². The number of amides is 5. The van der Waals surface area contributed by atoms with Gasteiger partial charge < -0.3 is 19.9 Å². The van der Waals surface area contributed by atoms with E-state index in [1.807, 2.05) is 30.3 Å². The topological polar surface area (TPSA) is 152 Å². The summed E-state index contributed by atoms with van der Waals surface area (Å²) in [6.45, 7) is 11.7. The third-order valence-electron chi connectivity index (χ3n) is 13.3. The van der Waals surface area contributed by atoms with Gasteiger partial charge in [0.25, 0.3) is 17.7 Å². The fourth-order valence-electron chi connectivity index (χ4n) is 10.3. The zero-order chi connectivity index (χ0) is 42.5. The Morgan fingerprint density at radius 2 is 1.58 bits per heavy atom. The highest BCUT2D eigenvalue weighted by Gasteiger charge is 2.64. The van der Waals surface area contributed by atoms with Gasteiger partial charge >= 0.3 is 0 Å². The first-order valence-electron chi connectivity index (χ1n) is 20.8. The lowest BCUT2D eigenvalue weighted by Gasteiger charge is -2.63. The Morgan fingerprint density at radius 3 is 2.23 bits per heavy atom. The third kappa shape index (κ3) is 7.52. The molecular weight excluding hydrogens is 780 g/mol. The highest BCUT2D eigenvalue weighted by atomic mass is 35.5. The Morgan fingerprint density at radius 1 is 0.883 bits per heavy atom. The highest BCUT2D eigenvalue weighted by Crippen LogP contribution is 2.55. The average molecular weight is 829 g/mol. The van der Waals surface area contributed by atoms with Gasteiger partial charge in [-0.05, 0) is 93.7 Å². The van der Waals surface area contributed by atoms with E-state index in [9.17, 15) is 29.2 Å². The van der Waals surface area contributed by atoms with Gasteiger partial charge in [0.15, 0.2) is 0 Å². The lowest BCUT2D eigenvalue weighted by Crippen LogP contribution is -2.74. The quantitative estimate of drug-likeness (QED) is 0.217. The Kier molecular flexibility index (Phi) is 11.0. The van der Waals surface area contributed by atoms with Gasteiger partial charge in [0.05, 0.1) is 27.4 Å². The maximum absolute atomic E-state index is 13.7. The third-order valence-corrected chi connectivity index (χ3v) is 13.6. The zero-order valence-corrected chi connectivity index (χ0v) is 35.1. The normalized spacial score (nSPS) is 24.1. The molecule has 4 fully saturated rings. The summed E-state index contributed by atoms with van der Waals surface area (Å²) in [5.41, 5.74) is 2.48. The molecule has 310 valence electrons. The molecule has 1 aliphatic carbocycles. The second-order valence-electron chi connectivity index (χ2n) is 17.8. The number of hydrogen-bond donors (Lipinski definition) is 2. The SMILES string of the molecule is CC1(C)[C@H](NC(=O)c2ccc(C#CC3CCN(C4CCN(c5cccc6c5C(=O)N(C5CCC(=O)NC5=O)C6=O)CC4)CC3)cc2)C(C)(C)[C@H]1Oc1ccc(C#N)c(Cl)c1. The van der Waals surface area contributed by atoms with Crippen molar-refractivity contribution in [1.29, 1.82) is 5.26 Å². The maximum Gasteiger partial charge on any atom is 0.264 e. The molecule has 3 aromatic carbocycles. The predicted molar refractivity (Wildman–Crippen MR) is 225 cm³/mol. The largest absolute Gasteiger partial charge is 0.489 e. The van der Waals surface area contributed by atoms with Crippen molar-refractivity contribution in [2.24, 2.45) is 16.7 Å². The van der Waals surface area contributed by atoms with Crippen LogP contribution in [0.2, 0.25) is 5.02 Å². The van der Waals surface area contributed by atoms with E-state index in [1.54, 1.807) is 30.3 Å². The molecule has 1 saturated carbocycles. The zero-order valence-electron chi connectivity index (χ0n) is 34.3. The van der Waals surface area contributed by atoms with Crippen LogP contribution in [0.3, 0.4) is 0 Å². The predicted octanol–water partition coefficient (Wildman–Crippen LogP) is 5.96. The Hall–Kier alpha value is -5.69. The lowest BCUT2D eigenvalue weighted by atomic mass is 9.49. The van der Waals surface area contributed by atoms with E-state index >= 15 is 0 Å². The van der Waals surface area contributed by atoms with E-state index in [-0.39, 0.29) is 47.6 Å². The van der Waals surface area contributed by atoms with E-state index < -0.39 is 29.7 Å². The van der Waals surface area contributed by atoms with Crippen LogP contribution < -0.4 is 20.3 Å². The first-order valence-corrected chi connectivity index (χ1v) is 21.2. The molecule has 8 rings (SSSR count). The Bertz CT molecular complexity index is 2340. The number of carbonyl (C=O) groups excluding carboxylic acids is 5. The standard InChI is InChI=1S/C47H49ClN6O6/c1-46(2)44(47(3,4)45(46)60-33-15-14-31(27-49)35(48)26-33)51-40(56)30-12-10-28(11-13-30)8-9-29-18-22-52(23-19-29)32-20-24-53(25-21-32)36-7-5-6-34-39(36)43(59)54(42(34)58)37-16-17-38(55)50-41(37)57/h5-7,10-15,26,29,32,37,44-45H,16-25H2,1-4H3,(H,51,56)(H,50,55,57)/t37?,44-,45-. The number of nitriles is 1. The number of likely N-dealkylation sites (tertiary alicyclic amines) is 1. The number of halogens is 1. The van der Waals surface area contributed by atoms with E-state index in [4.69, 9.17) is 16.3 Å². The monoisotopic (exact) mass is 828 g/mol.